The molecule has 3 unspecified atom stereocenters. The van der Waals surface area contributed by atoms with Gasteiger partial charge < -0.3 is 18.9 Å². The molecule has 6 aliphatic heterocycles. The lowest BCUT2D eigenvalue weighted by Crippen LogP contribution is -2.59. The summed E-state index contributed by atoms with van der Waals surface area (Å²) in [5.74, 6) is 2.74. The summed E-state index contributed by atoms with van der Waals surface area (Å²) in [5, 5.41) is -0.537. The van der Waals surface area contributed by atoms with Crippen molar-refractivity contribution < 1.29 is 35.8 Å². The molecule has 12 nitrogen and oxygen atoms in total. The van der Waals surface area contributed by atoms with E-state index in [1.54, 1.807) is 20.8 Å². The van der Waals surface area contributed by atoms with Gasteiger partial charge in [-0.1, -0.05) is 30.3 Å². The third kappa shape index (κ3) is 10.2. The quantitative estimate of drug-likeness (QED) is 0.330. The van der Waals surface area contributed by atoms with Crippen molar-refractivity contribution >= 4 is 20.0 Å². The van der Waals surface area contributed by atoms with Crippen LogP contribution in [0.5, 0.6) is 11.5 Å². The minimum Gasteiger partial charge on any atom is -0.492 e. The maximum Gasteiger partial charge on any atom is 0.214 e. The number of ether oxygens (including phenoxy) is 4. The third-order valence-corrected chi connectivity index (χ3v) is 17.7. The molecule has 5 atom stereocenters. The number of benzene rings is 2. The van der Waals surface area contributed by atoms with E-state index in [2.05, 4.69) is 61.7 Å². The topological polar surface area (TPSA) is 136 Å². The average Bonchev–Trinajstić information content (AvgIpc) is 3.27. The Morgan fingerprint density at radius 3 is 2.00 bits per heavy atom. The molecule has 6 heterocycles. The second-order valence-electron chi connectivity index (χ2n) is 18.2. The highest BCUT2D eigenvalue weighted by atomic mass is 32.2. The highest BCUT2D eigenvalue weighted by Gasteiger charge is 2.42. The highest BCUT2D eigenvalue weighted by Crippen LogP contribution is 2.44. The van der Waals surface area contributed by atoms with Gasteiger partial charge in [0, 0.05) is 37.3 Å². The first-order valence-corrected chi connectivity index (χ1v) is 25.9. The third-order valence-electron chi connectivity index (χ3n) is 14.4. The minimum absolute atomic E-state index is 0.00476. The number of rotatable bonds is 7. The number of para-hydroxylation sites is 1. The molecule has 10 rings (SSSR count). The van der Waals surface area contributed by atoms with Crippen LogP contribution in [0.1, 0.15) is 132 Å². The van der Waals surface area contributed by atoms with Gasteiger partial charge in [-0.2, -0.15) is 0 Å². The van der Waals surface area contributed by atoms with Crippen LogP contribution in [0, 0.1) is 0 Å². The average molecular weight is 857 g/mol. The predicted octanol–water partition coefficient (Wildman–Crippen LogP) is 6.23. The standard InChI is InChI=1S/C45H68N4O8S2/c1-4-58(50,51)46-39-9-7-23-48-24-26-55-45-28-34(15-20-38(45)33-13-18-35(19-14-33)56-29-42(39)48)41-22-21-40(47-59(52,53)31(2)3)43-30-57-36-16-11-32(12-17-36)37-8-5-6-10-44(37)54-27-25-49(41)43/h5-6,8,10,15,20,28,31-33,35-36,39-43,46-47H,4,7,9,11-14,16-19,21-27,29-30H2,1-3H3/t32?,33?,35?,36?,39-,40?,41?,42-,43?/m0/s1. The van der Waals surface area contributed by atoms with Crippen LogP contribution in [0.2, 0.25) is 0 Å². The smallest absolute Gasteiger partial charge is 0.214 e. The second-order valence-corrected chi connectivity index (χ2v) is 22.5. The molecule has 0 aromatic heterocycles. The zero-order valence-electron chi connectivity index (χ0n) is 35.4. The fourth-order valence-corrected chi connectivity index (χ4v) is 12.7. The second kappa shape index (κ2) is 19.0. The van der Waals surface area contributed by atoms with Crippen molar-refractivity contribution in [1.29, 1.82) is 0 Å². The first-order chi connectivity index (χ1) is 28.5. The van der Waals surface area contributed by atoms with E-state index in [1.165, 1.54) is 11.1 Å². The lowest BCUT2D eigenvalue weighted by molar-refractivity contribution is -0.0451. The minimum atomic E-state index is -3.53. The Balaban J connectivity index is 1.09. The summed E-state index contributed by atoms with van der Waals surface area (Å²) in [6, 6.07) is 14.6. The van der Waals surface area contributed by atoms with Crippen LogP contribution in [0.15, 0.2) is 42.5 Å². The molecule has 8 aliphatic rings. The highest BCUT2D eigenvalue weighted by molar-refractivity contribution is 7.90. The zero-order valence-corrected chi connectivity index (χ0v) is 37.1. The number of nitrogens with zero attached hydrogens (tertiary/aromatic N) is 2. The predicted molar refractivity (Wildman–Crippen MR) is 230 cm³/mol. The van der Waals surface area contributed by atoms with Gasteiger partial charge in [0.25, 0.3) is 0 Å². The van der Waals surface area contributed by atoms with Crippen LogP contribution in [-0.2, 0) is 29.5 Å². The van der Waals surface area contributed by atoms with Gasteiger partial charge in [0.2, 0.25) is 20.0 Å². The summed E-state index contributed by atoms with van der Waals surface area (Å²) >= 11 is 0. The molecule has 0 radical (unpaired) electrons. The first-order valence-electron chi connectivity index (χ1n) is 22.7. The zero-order chi connectivity index (χ0) is 41.1. The van der Waals surface area contributed by atoms with Crippen LogP contribution in [0.25, 0.3) is 0 Å². The number of fused-ring (bicyclic) bond motifs is 10. The van der Waals surface area contributed by atoms with E-state index in [9.17, 15) is 16.8 Å². The number of hydrogen-bond acceptors (Lipinski definition) is 10. The summed E-state index contributed by atoms with van der Waals surface area (Å²) in [6.07, 6.45) is 11.5. The largest absolute Gasteiger partial charge is 0.492 e. The molecule has 14 heteroatoms. The molecule has 2 N–H and O–H groups in total. The van der Waals surface area contributed by atoms with Crippen molar-refractivity contribution in [1.82, 2.24) is 19.2 Å². The molecular formula is C45H68N4O8S2. The number of piperidine rings is 2. The monoisotopic (exact) mass is 856 g/mol. The van der Waals surface area contributed by atoms with Crippen LogP contribution in [0.4, 0.5) is 0 Å². The van der Waals surface area contributed by atoms with Crippen molar-refractivity contribution in [3.8, 4) is 11.5 Å². The van der Waals surface area contributed by atoms with Gasteiger partial charge in [-0.05, 0) is 145 Å². The Bertz CT molecular complexity index is 1930. The van der Waals surface area contributed by atoms with Gasteiger partial charge in [-0.3, -0.25) is 9.80 Å². The molecule has 4 fully saturated rings. The maximum absolute atomic E-state index is 13.4. The van der Waals surface area contributed by atoms with Crippen LogP contribution < -0.4 is 18.9 Å². The van der Waals surface area contributed by atoms with E-state index in [0.29, 0.717) is 57.8 Å². The van der Waals surface area contributed by atoms with Gasteiger partial charge in [-0.25, -0.2) is 26.3 Å². The number of sulfonamides is 2. The van der Waals surface area contributed by atoms with Crippen molar-refractivity contribution in [2.24, 2.45) is 0 Å². The fourth-order valence-electron chi connectivity index (χ4n) is 10.9. The Morgan fingerprint density at radius 2 is 1.31 bits per heavy atom. The summed E-state index contributed by atoms with van der Waals surface area (Å²) in [4.78, 5) is 4.83. The molecule has 0 spiro atoms. The van der Waals surface area contributed by atoms with E-state index in [4.69, 9.17) is 18.9 Å². The molecule has 2 aromatic rings. The van der Waals surface area contributed by atoms with Crippen LogP contribution in [-0.4, -0.2) is 120 Å². The van der Waals surface area contributed by atoms with Crippen molar-refractivity contribution in [2.45, 2.75) is 157 Å². The Morgan fingerprint density at radius 1 is 0.678 bits per heavy atom. The van der Waals surface area contributed by atoms with Gasteiger partial charge in [-0.15, -0.1) is 0 Å². The molecule has 2 aromatic carbocycles. The van der Waals surface area contributed by atoms with E-state index < -0.39 is 25.3 Å². The number of nitrogens with one attached hydrogen (secondary N) is 2. The maximum atomic E-state index is 13.4. The van der Waals surface area contributed by atoms with Gasteiger partial charge in [0.15, 0.2) is 0 Å². The van der Waals surface area contributed by atoms with Crippen LogP contribution in [0.3, 0.4) is 0 Å². The van der Waals surface area contributed by atoms with E-state index in [0.717, 1.165) is 94.2 Å². The van der Waals surface area contributed by atoms with Gasteiger partial charge >= 0.3 is 0 Å². The lowest BCUT2D eigenvalue weighted by Gasteiger charge is -2.47. The molecule has 2 aliphatic carbocycles. The van der Waals surface area contributed by atoms with Gasteiger partial charge in [0.05, 0.1) is 42.5 Å². The molecule has 2 saturated carbocycles. The van der Waals surface area contributed by atoms with Gasteiger partial charge in [0.1, 0.15) is 24.7 Å². The van der Waals surface area contributed by atoms with Crippen molar-refractivity contribution in [3.63, 3.8) is 0 Å². The molecule has 59 heavy (non-hydrogen) atoms. The Hall–Kier alpha value is -2.30. The molecule has 2 saturated heterocycles. The fraction of sp³-hybridized carbons (Fsp3) is 0.733. The summed E-state index contributed by atoms with van der Waals surface area (Å²) in [7, 11) is -6.89. The summed E-state index contributed by atoms with van der Waals surface area (Å²) in [5.41, 5.74) is 3.69. The lowest BCUT2D eigenvalue weighted by atomic mass is 9.81. The van der Waals surface area contributed by atoms with Crippen molar-refractivity contribution in [3.05, 3.63) is 59.2 Å². The Kier molecular flexibility index (Phi) is 13.9. The van der Waals surface area contributed by atoms with Crippen LogP contribution >= 0.6 is 0 Å². The normalized spacial score (nSPS) is 32.8. The molecule has 328 valence electrons. The summed E-state index contributed by atoms with van der Waals surface area (Å²) in [6.45, 7) is 9.24. The SMILES string of the molecule is CCS(=O)(=O)N[C@H]1CCCN2CCOc3cc(C4CCC(NS(=O)(=O)C(C)C)C5COC6CCC(CC6)c6ccccc6OCCN45)ccc3C3CCC(CC3)OC[C@@H]12. The molecular weight excluding hydrogens is 789 g/mol. The number of hydrogen-bond donors (Lipinski definition) is 2. The van der Waals surface area contributed by atoms with Crippen molar-refractivity contribution in [2.75, 3.05) is 51.8 Å². The first kappa shape index (κ1) is 43.4. The van der Waals surface area contributed by atoms with E-state index >= 15 is 0 Å². The van der Waals surface area contributed by atoms with E-state index in [-0.39, 0.29) is 48.2 Å². The molecule has 0 amide bonds. The Labute approximate surface area is 353 Å². The van der Waals surface area contributed by atoms with E-state index in [1.807, 2.05) is 0 Å². The summed E-state index contributed by atoms with van der Waals surface area (Å²) < 4.78 is 85.4. The molecule has 4 bridgehead atoms.